The Hall–Kier alpha value is -4.97. The van der Waals surface area contributed by atoms with Crippen LogP contribution in [-0.2, 0) is 13.1 Å². The smallest absolute Gasteiger partial charge is 0.324 e. The van der Waals surface area contributed by atoms with Crippen molar-refractivity contribution in [2.45, 2.75) is 13.1 Å². The van der Waals surface area contributed by atoms with Gasteiger partial charge in [0.05, 0.1) is 52.5 Å². The fourth-order valence-electron chi connectivity index (χ4n) is 5.50. The van der Waals surface area contributed by atoms with Crippen LogP contribution in [0.15, 0.2) is 53.5 Å². The Bertz CT molecular complexity index is 1820. The normalized spacial score (nSPS) is 15.1. The van der Waals surface area contributed by atoms with Crippen LogP contribution < -0.4 is 15.5 Å². The van der Waals surface area contributed by atoms with Crippen LogP contribution in [0, 0.1) is 0 Å². The minimum Gasteiger partial charge on any atom is -0.464 e. The number of aromatic nitrogens is 4. The van der Waals surface area contributed by atoms with Gasteiger partial charge in [-0.15, -0.1) is 0 Å². The van der Waals surface area contributed by atoms with Crippen molar-refractivity contribution in [1.82, 2.24) is 34.7 Å². The number of rotatable bonds is 6. The summed E-state index contributed by atoms with van der Waals surface area (Å²) in [5.74, 6) is 0.384. The molecule has 12 nitrogen and oxygen atoms in total. The quantitative estimate of drug-likeness (QED) is 0.338. The number of hydrogen-bond donors (Lipinski definition) is 2. The standard InChI is InChI=1S/C28H27N9O3/c1-34(2)15-20-21(36-10-9-35(3)28(36)39)4-5-23(33-20)32-19-14-29-25(17-12-30-27(38)24(17)19)18-13-31-37-8-6-22-16(26(18)37)7-11-40-22/h4-8,11,13-14H,9-10,12,15H2,1-3H3,(H,30,38)(H,32,33). The first kappa shape index (κ1) is 24.1. The molecule has 0 unspecified atom stereocenters. The molecule has 12 heteroatoms. The van der Waals surface area contributed by atoms with Gasteiger partial charge in [-0.2, -0.15) is 5.10 Å². The van der Waals surface area contributed by atoms with Crippen LogP contribution >= 0.6 is 0 Å². The highest BCUT2D eigenvalue weighted by Crippen LogP contribution is 2.37. The van der Waals surface area contributed by atoms with Gasteiger partial charge in [0.2, 0.25) is 0 Å². The van der Waals surface area contributed by atoms with E-state index in [1.54, 1.807) is 40.0 Å². The van der Waals surface area contributed by atoms with Crippen LogP contribution in [0.25, 0.3) is 27.7 Å². The Morgan fingerprint density at radius 2 is 2.00 bits per heavy atom. The molecule has 1 fully saturated rings. The lowest BCUT2D eigenvalue weighted by atomic mass is 10.0. The first-order valence-electron chi connectivity index (χ1n) is 13.0. The highest BCUT2D eigenvalue weighted by Gasteiger charge is 2.31. The van der Waals surface area contributed by atoms with Gasteiger partial charge in [-0.25, -0.2) is 14.3 Å². The van der Waals surface area contributed by atoms with Gasteiger partial charge in [0.1, 0.15) is 11.4 Å². The van der Waals surface area contributed by atoms with Gasteiger partial charge in [-0.3, -0.25) is 14.7 Å². The van der Waals surface area contributed by atoms with E-state index in [2.05, 4.69) is 15.7 Å². The number of nitrogens with one attached hydrogen (secondary N) is 2. The molecule has 40 heavy (non-hydrogen) atoms. The average Bonchev–Trinajstić information content (AvgIpc) is 3.72. The number of fused-ring (bicyclic) bond motifs is 4. The van der Waals surface area contributed by atoms with Crippen molar-refractivity contribution in [2.24, 2.45) is 0 Å². The molecule has 0 aromatic carbocycles. The molecular formula is C28H27N9O3. The molecule has 2 N–H and O–H groups in total. The second kappa shape index (κ2) is 9.06. The van der Waals surface area contributed by atoms with Crippen LogP contribution in [0.4, 0.5) is 22.0 Å². The maximum Gasteiger partial charge on any atom is 0.324 e. The molecule has 0 radical (unpaired) electrons. The summed E-state index contributed by atoms with van der Waals surface area (Å²) in [4.78, 5) is 40.8. The molecule has 0 bridgehead atoms. The van der Waals surface area contributed by atoms with Gasteiger partial charge in [-0.05, 0) is 38.4 Å². The van der Waals surface area contributed by atoms with E-state index in [0.29, 0.717) is 48.9 Å². The van der Waals surface area contributed by atoms with Crippen LogP contribution in [0.2, 0.25) is 0 Å². The molecule has 1 saturated heterocycles. The summed E-state index contributed by atoms with van der Waals surface area (Å²) in [7, 11) is 5.71. The molecule has 7 rings (SSSR count). The van der Waals surface area contributed by atoms with Crippen molar-refractivity contribution in [3.05, 3.63) is 65.9 Å². The molecule has 2 aliphatic rings. The summed E-state index contributed by atoms with van der Waals surface area (Å²) in [5.41, 5.74) is 6.56. The monoisotopic (exact) mass is 537 g/mol. The van der Waals surface area contributed by atoms with Crippen molar-refractivity contribution >= 4 is 45.6 Å². The lowest BCUT2D eigenvalue weighted by Gasteiger charge is -2.22. The van der Waals surface area contributed by atoms with Gasteiger partial charge in [0, 0.05) is 55.9 Å². The van der Waals surface area contributed by atoms with E-state index in [4.69, 9.17) is 14.4 Å². The van der Waals surface area contributed by atoms with E-state index in [1.165, 1.54) is 0 Å². The summed E-state index contributed by atoms with van der Waals surface area (Å²) in [6.45, 7) is 2.18. The van der Waals surface area contributed by atoms with Crippen LogP contribution in [0.1, 0.15) is 21.6 Å². The Balaban J connectivity index is 1.29. The summed E-state index contributed by atoms with van der Waals surface area (Å²) >= 11 is 0. The Kier molecular flexibility index (Phi) is 5.46. The summed E-state index contributed by atoms with van der Waals surface area (Å²) in [6.07, 6.45) is 6.93. The predicted octanol–water partition coefficient (Wildman–Crippen LogP) is 3.46. The number of pyridine rings is 3. The van der Waals surface area contributed by atoms with E-state index >= 15 is 0 Å². The van der Waals surface area contributed by atoms with Gasteiger partial charge >= 0.3 is 6.03 Å². The molecule has 5 aromatic heterocycles. The zero-order valence-electron chi connectivity index (χ0n) is 22.3. The summed E-state index contributed by atoms with van der Waals surface area (Å²) < 4.78 is 7.38. The predicted molar refractivity (Wildman–Crippen MR) is 150 cm³/mol. The maximum absolute atomic E-state index is 13.0. The van der Waals surface area contributed by atoms with Crippen LogP contribution in [-0.4, -0.2) is 75.6 Å². The number of furan rings is 1. The average molecular weight is 538 g/mol. The molecule has 0 aliphatic carbocycles. The minimum absolute atomic E-state index is 0.0443. The SMILES string of the molecule is CN(C)Cc1nc(Nc2cnc(-c3cnn4ccc5occc5c34)c3c2C(=O)NC3)ccc1N1CCN(C)C1=O. The molecule has 0 atom stereocenters. The van der Waals surface area contributed by atoms with E-state index < -0.39 is 0 Å². The number of amides is 3. The third kappa shape index (κ3) is 3.75. The fourth-order valence-corrected chi connectivity index (χ4v) is 5.50. The van der Waals surface area contributed by atoms with Crippen molar-refractivity contribution in [3.63, 3.8) is 0 Å². The molecule has 5 aromatic rings. The fraction of sp³-hybridized carbons (Fsp3) is 0.250. The van der Waals surface area contributed by atoms with Gasteiger partial charge in [-0.1, -0.05) is 0 Å². The second-order valence-electron chi connectivity index (χ2n) is 10.3. The van der Waals surface area contributed by atoms with Crippen LogP contribution in [0.3, 0.4) is 0 Å². The Morgan fingerprint density at radius 1 is 1.12 bits per heavy atom. The molecule has 2 aliphatic heterocycles. The number of anilines is 3. The zero-order valence-corrected chi connectivity index (χ0v) is 22.3. The van der Waals surface area contributed by atoms with E-state index in [1.807, 2.05) is 49.5 Å². The van der Waals surface area contributed by atoms with E-state index in [0.717, 1.165) is 39.0 Å². The molecule has 0 spiro atoms. The van der Waals surface area contributed by atoms with Crippen molar-refractivity contribution < 1.29 is 14.0 Å². The Morgan fingerprint density at radius 3 is 2.80 bits per heavy atom. The third-order valence-corrected chi connectivity index (χ3v) is 7.39. The zero-order chi connectivity index (χ0) is 27.5. The molecule has 202 valence electrons. The molecular weight excluding hydrogens is 510 g/mol. The summed E-state index contributed by atoms with van der Waals surface area (Å²) in [5, 5.41) is 11.7. The van der Waals surface area contributed by atoms with Gasteiger partial charge in [0.25, 0.3) is 5.91 Å². The summed E-state index contributed by atoms with van der Waals surface area (Å²) in [6, 6.07) is 7.47. The lowest BCUT2D eigenvalue weighted by Crippen LogP contribution is -2.30. The number of hydrogen-bond acceptors (Lipinski definition) is 8. The maximum atomic E-state index is 13.0. The van der Waals surface area contributed by atoms with E-state index in [9.17, 15) is 9.59 Å². The molecule has 0 saturated carbocycles. The highest BCUT2D eigenvalue weighted by atomic mass is 16.3. The first-order valence-corrected chi connectivity index (χ1v) is 13.0. The molecule has 3 amide bonds. The van der Waals surface area contributed by atoms with Crippen molar-refractivity contribution in [2.75, 3.05) is 44.4 Å². The Labute approximate surface area is 229 Å². The largest absolute Gasteiger partial charge is 0.464 e. The number of urea groups is 1. The number of carbonyl (C=O) groups excluding carboxylic acids is 2. The molecule has 7 heterocycles. The number of carbonyl (C=O) groups is 2. The van der Waals surface area contributed by atoms with Gasteiger partial charge in [0.15, 0.2) is 0 Å². The van der Waals surface area contributed by atoms with E-state index in [-0.39, 0.29) is 11.9 Å². The lowest BCUT2D eigenvalue weighted by molar-refractivity contribution is 0.0966. The van der Waals surface area contributed by atoms with Crippen molar-refractivity contribution in [3.8, 4) is 11.3 Å². The second-order valence-corrected chi connectivity index (χ2v) is 10.3. The highest BCUT2D eigenvalue weighted by molar-refractivity contribution is 6.07. The first-order chi connectivity index (χ1) is 19.4. The third-order valence-electron chi connectivity index (χ3n) is 7.39. The number of likely N-dealkylation sites (N-methyl/N-ethyl adjacent to an activating group) is 1. The van der Waals surface area contributed by atoms with Crippen LogP contribution in [0.5, 0.6) is 0 Å². The van der Waals surface area contributed by atoms with Gasteiger partial charge < -0.3 is 24.9 Å². The van der Waals surface area contributed by atoms with Crippen molar-refractivity contribution in [1.29, 1.82) is 0 Å². The number of nitrogens with zero attached hydrogens (tertiary/aromatic N) is 7. The topological polar surface area (TPSA) is 124 Å². The minimum atomic E-state index is -0.179.